The Morgan fingerprint density at radius 3 is 2.50 bits per heavy atom. The average molecular weight is 304 g/mol. The zero-order valence-corrected chi connectivity index (χ0v) is 11.0. The molecule has 0 radical (unpaired) electrons. The van der Waals surface area contributed by atoms with Crippen LogP contribution in [-0.2, 0) is 13.2 Å². The Morgan fingerprint density at radius 1 is 1.30 bits per heavy atom. The van der Waals surface area contributed by atoms with E-state index in [1.54, 1.807) is 0 Å². The van der Waals surface area contributed by atoms with Gasteiger partial charge in [-0.1, -0.05) is 17.7 Å². The van der Waals surface area contributed by atoms with Gasteiger partial charge < -0.3 is 5.73 Å². The largest absolute Gasteiger partial charge is 0.433 e. The van der Waals surface area contributed by atoms with E-state index in [1.165, 1.54) is 18.2 Å². The lowest BCUT2D eigenvalue weighted by Crippen LogP contribution is -2.22. The van der Waals surface area contributed by atoms with Gasteiger partial charge >= 0.3 is 6.18 Å². The number of aryl methyl sites for hydroxylation is 1. The molecule has 1 heterocycles. The number of hydrogen-bond acceptors (Lipinski definition) is 3. The standard InChI is InChI=1S/C12H9ClF3N3O/c1-19-10(12(14,15)16)5-9(20)11(18-19)6-2-3-7(13)8(17)4-6/h2-5H,17H2,1H3. The van der Waals surface area contributed by atoms with Crippen LogP contribution in [0.1, 0.15) is 5.69 Å². The third kappa shape index (κ3) is 2.62. The molecule has 0 aliphatic rings. The Kier molecular flexibility index (Phi) is 3.47. The number of halogens is 4. The molecular weight excluding hydrogens is 295 g/mol. The molecule has 0 aliphatic carbocycles. The molecule has 2 N–H and O–H groups in total. The van der Waals surface area contributed by atoms with Gasteiger partial charge in [0.05, 0.1) is 10.7 Å². The number of anilines is 1. The van der Waals surface area contributed by atoms with E-state index in [0.29, 0.717) is 16.3 Å². The van der Waals surface area contributed by atoms with Gasteiger partial charge in [0.15, 0.2) is 0 Å². The molecule has 4 nitrogen and oxygen atoms in total. The monoisotopic (exact) mass is 303 g/mol. The van der Waals surface area contributed by atoms with E-state index < -0.39 is 17.3 Å². The van der Waals surface area contributed by atoms with Crippen LogP contribution in [0.25, 0.3) is 11.3 Å². The number of aromatic nitrogens is 2. The van der Waals surface area contributed by atoms with Crippen molar-refractivity contribution in [3.05, 3.63) is 45.2 Å². The third-order valence-corrected chi connectivity index (χ3v) is 3.00. The van der Waals surface area contributed by atoms with Crippen molar-refractivity contribution in [1.82, 2.24) is 9.78 Å². The van der Waals surface area contributed by atoms with E-state index in [4.69, 9.17) is 17.3 Å². The zero-order chi connectivity index (χ0) is 15.1. The third-order valence-electron chi connectivity index (χ3n) is 2.66. The van der Waals surface area contributed by atoms with Crippen LogP contribution in [0.3, 0.4) is 0 Å². The zero-order valence-electron chi connectivity index (χ0n) is 10.2. The Hall–Kier alpha value is -2.02. The Bertz CT molecular complexity index is 725. The van der Waals surface area contributed by atoms with E-state index in [0.717, 1.165) is 7.05 Å². The fourth-order valence-corrected chi connectivity index (χ4v) is 1.81. The summed E-state index contributed by atoms with van der Waals surface area (Å²) in [4.78, 5) is 11.8. The minimum atomic E-state index is -4.64. The maximum Gasteiger partial charge on any atom is 0.433 e. The van der Waals surface area contributed by atoms with Crippen LogP contribution in [0.15, 0.2) is 29.1 Å². The van der Waals surface area contributed by atoms with Crippen molar-refractivity contribution in [3.8, 4) is 11.3 Å². The number of nitrogens with zero attached hydrogens (tertiary/aromatic N) is 2. The summed E-state index contributed by atoms with van der Waals surface area (Å²) in [6, 6.07) is 4.81. The van der Waals surface area contributed by atoms with E-state index >= 15 is 0 Å². The molecule has 0 atom stereocenters. The van der Waals surface area contributed by atoms with Gasteiger partial charge in [0.25, 0.3) is 0 Å². The van der Waals surface area contributed by atoms with Gasteiger partial charge in [0.2, 0.25) is 5.43 Å². The van der Waals surface area contributed by atoms with Crippen molar-refractivity contribution in [3.63, 3.8) is 0 Å². The maximum atomic E-state index is 12.6. The first-order chi connectivity index (χ1) is 9.20. The highest BCUT2D eigenvalue weighted by Gasteiger charge is 2.34. The van der Waals surface area contributed by atoms with Gasteiger partial charge in [-0.2, -0.15) is 18.3 Å². The fraction of sp³-hybridized carbons (Fsp3) is 0.167. The molecule has 0 unspecified atom stereocenters. The first-order valence-electron chi connectivity index (χ1n) is 5.41. The molecule has 20 heavy (non-hydrogen) atoms. The molecular formula is C12H9ClF3N3O. The average Bonchev–Trinajstić information content (AvgIpc) is 2.34. The van der Waals surface area contributed by atoms with Crippen LogP contribution in [0.2, 0.25) is 5.02 Å². The fourth-order valence-electron chi connectivity index (χ4n) is 1.70. The van der Waals surface area contributed by atoms with Crippen LogP contribution in [0.5, 0.6) is 0 Å². The second kappa shape index (κ2) is 4.82. The van der Waals surface area contributed by atoms with E-state index in [1.807, 2.05) is 0 Å². The summed E-state index contributed by atoms with van der Waals surface area (Å²) in [5, 5.41) is 3.96. The topological polar surface area (TPSA) is 60.9 Å². The first kappa shape index (κ1) is 14.4. The van der Waals surface area contributed by atoms with Crippen molar-refractivity contribution in [2.45, 2.75) is 6.18 Å². The van der Waals surface area contributed by atoms with Gasteiger partial charge in [0.1, 0.15) is 11.4 Å². The van der Waals surface area contributed by atoms with Crippen LogP contribution >= 0.6 is 11.6 Å². The van der Waals surface area contributed by atoms with Gasteiger partial charge in [-0.3, -0.25) is 9.48 Å². The summed E-state index contributed by atoms with van der Waals surface area (Å²) in [5.74, 6) is 0. The van der Waals surface area contributed by atoms with Gasteiger partial charge in [0, 0.05) is 18.7 Å². The van der Waals surface area contributed by atoms with Crippen molar-refractivity contribution in [1.29, 1.82) is 0 Å². The summed E-state index contributed by atoms with van der Waals surface area (Å²) >= 11 is 5.75. The van der Waals surface area contributed by atoms with Crippen molar-refractivity contribution < 1.29 is 13.2 Å². The normalized spacial score (nSPS) is 11.7. The van der Waals surface area contributed by atoms with Crippen molar-refractivity contribution >= 4 is 17.3 Å². The minimum Gasteiger partial charge on any atom is -0.398 e. The highest BCUT2D eigenvalue weighted by molar-refractivity contribution is 6.33. The number of rotatable bonds is 1. The van der Waals surface area contributed by atoms with Crippen LogP contribution in [0.4, 0.5) is 18.9 Å². The summed E-state index contributed by atoms with van der Waals surface area (Å²) in [6.45, 7) is 0. The predicted octanol–water partition coefficient (Wildman–Crippen LogP) is 2.70. The van der Waals surface area contributed by atoms with Crippen molar-refractivity contribution in [2.75, 3.05) is 5.73 Å². The Balaban J connectivity index is 2.62. The number of nitrogens with two attached hydrogens (primary N) is 1. The lowest BCUT2D eigenvalue weighted by Gasteiger charge is -2.12. The number of hydrogen-bond donors (Lipinski definition) is 1. The second-order valence-electron chi connectivity index (χ2n) is 4.10. The summed E-state index contributed by atoms with van der Waals surface area (Å²) in [6.07, 6.45) is -4.64. The molecule has 8 heteroatoms. The van der Waals surface area contributed by atoms with Crippen LogP contribution in [-0.4, -0.2) is 9.78 Å². The van der Waals surface area contributed by atoms with Crippen LogP contribution < -0.4 is 11.2 Å². The smallest absolute Gasteiger partial charge is 0.398 e. The van der Waals surface area contributed by atoms with Gasteiger partial charge in [-0.15, -0.1) is 0 Å². The SMILES string of the molecule is Cn1nc(-c2ccc(Cl)c(N)c2)c(=O)cc1C(F)(F)F. The molecule has 1 aromatic heterocycles. The molecule has 0 spiro atoms. The molecule has 2 aromatic rings. The minimum absolute atomic E-state index is 0.121. The Morgan fingerprint density at radius 2 is 1.95 bits per heavy atom. The lowest BCUT2D eigenvalue weighted by molar-refractivity contribution is -0.144. The first-order valence-corrected chi connectivity index (χ1v) is 5.79. The highest BCUT2D eigenvalue weighted by atomic mass is 35.5. The highest BCUT2D eigenvalue weighted by Crippen LogP contribution is 2.29. The molecule has 2 rings (SSSR count). The van der Waals surface area contributed by atoms with E-state index in [2.05, 4.69) is 5.10 Å². The molecule has 0 bridgehead atoms. The lowest BCUT2D eigenvalue weighted by atomic mass is 10.1. The summed E-state index contributed by atoms with van der Waals surface area (Å²) in [5.41, 5.74) is 4.04. The maximum absolute atomic E-state index is 12.6. The number of alkyl halides is 3. The molecule has 0 saturated heterocycles. The number of benzene rings is 1. The Labute approximate surface area is 116 Å². The summed E-state index contributed by atoms with van der Waals surface area (Å²) < 4.78 is 38.5. The van der Waals surface area contributed by atoms with Crippen molar-refractivity contribution in [2.24, 2.45) is 7.05 Å². The molecule has 1 aromatic carbocycles. The molecule has 106 valence electrons. The summed E-state index contributed by atoms with van der Waals surface area (Å²) in [7, 11) is 1.12. The number of nitrogen functional groups attached to an aromatic ring is 1. The molecule has 0 saturated carbocycles. The van der Waals surface area contributed by atoms with E-state index in [9.17, 15) is 18.0 Å². The van der Waals surface area contributed by atoms with E-state index in [-0.39, 0.29) is 16.4 Å². The van der Waals surface area contributed by atoms with Gasteiger partial charge in [-0.25, -0.2) is 0 Å². The quantitative estimate of drug-likeness (QED) is 0.824. The predicted molar refractivity (Wildman–Crippen MR) is 69.3 cm³/mol. The molecule has 0 amide bonds. The van der Waals surface area contributed by atoms with Crippen LogP contribution in [0, 0.1) is 0 Å². The second-order valence-corrected chi connectivity index (χ2v) is 4.51. The molecule has 0 fully saturated rings. The molecule has 0 aliphatic heterocycles. The van der Waals surface area contributed by atoms with Gasteiger partial charge in [-0.05, 0) is 12.1 Å².